The Labute approximate surface area is 165 Å². The van der Waals surface area contributed by atoms with Crippen LogP contribution in [-0.2, 0) is 16.6 Å². The zero-order chi connectivity index (χ0) is 20.7. The molecule has 10 nitrogen and oxygen atoms in total. The van der Waals surface area contributed by atoms with E-state index in [9.17, 15) is 18.8 Å². The highest BCUT2D eigenvalue weighted by molar-refractivity contribution is 6.09. The number of hydrogen-bond donors (Lipinski definition) is 2. The zero-order valence-corrected chi connectivity index (χ0v) is 15.9. The number of urea groups is 1. The molecule has 3 amide bonds. The van der Waals surface area contributed by atoms with Crippen LogP contribution in [0.1, 0.15) is 6.42 Å². The summed E-state index contributed by atoms with van der Waals surface area (Å²) in [6.45, 7) is 2.24. The summed E-state index contributed by atoms with van der Waals surface area (Å²) in [7, 11) is 1.71. The summed E-state index contributed by atoms with van der Waals surface area (Å²) in [6.07, 6.45) is 0.158. The van der Waals surface area contributed by atoms with Gasteiger partial charge in [-0.3, -0.25) is 29.4 Å². The predicted octanol–water partition coefficient (Wildman–Crippen LogP) is 0.365. The normalized spacial score (nSPS) is 18.4. The molecule has 2 aliphatic rings. The smallest absolute Gasteiger partial charge is 0.329 e. The molecule has 3 heterocycles. The number of aryl methyl sites for hydroxylation is 1. The molecule has 2 aliphatic heterocycles. The van der Waals surface area contributed by atoms with Gasteiger partial charge in [0.25, 0.3) is 0 Å². The van der Waals surface area contributed by atoms with E-state index in [2.05, 4.69) is 10.4 Å². The van der Waals surface area contributed by atoms with Crippen molar-refractivity contribution in [3.63, 3.8) is 0 Å². The number of benzene rings is 1. The summed E-state index contributed by atoms with van der Waals surface area (Å²) in [6, 6.07) is 2.49. The Balaban J connectivity index is 1.62. The van der Waals surface area contributed by atoms with Crippen molar-refractivity contribution in [1.29, 1.82) is 0 Å². The van der Waals surface area contributed by atoms with Gasteiger partial charge in [0.05, 0.1) is 17.7 Å². The highest BCUT2D eigenvalue weighted by Gasteiger charge is 2.29. The molecule has 0 bridgehead atoms. The molecule has 4 rings (SSSR count). The van der Waals surface area contributed by atoms with Crippen molar-refractivity contribution in [2.24, 2.45) is 7.05 Å². The Bertz CT molecular complexity index is 998. The standard InChI is InChI=1S/C18H21FN6O4/c1-22-13-9-14(24-6-4-23(5-7-24)10-16(27)28)12(19)8-11(13)17(21-22)25-3-2-15(26)20-18(25)29/h8-9H,2-7,10H2,1H3,(H,27,28)(H,20,26,29). The first-order chi connectivity index (χ1) is 13.8. The third-order valence-electron chi connectivity index (χ3n) is 5.28. The van der Waals surface area contributed by atoms with Crippen LogP contribution >= 0.6 is 0 Å². The number of hydrogen-bond acceptors (Lipinski definition) is 6. The van der Waals surface area contributed by atoms with E-state index >= 15 is 0 Å². The van der Waals surface area contributed by atoms with Gasteiger partial charge in [-0.25, -0.2) is 9.18 Å². The highest BCUT2D eigenvalue weighted by Crippen LogP contribution is 2.32. The summed E-state index contributed by atoms with van der Waals surface area (Å²) in [5.41, 5.74) is 1.08. The van der Waals surface area contributed by atoms with Gasteiger partial charge in [0.2, 0.25) is 5.91 Å². The maximum absolute atomic E-state index is 15.0. The van der Waals surface area contributed by atoms with Crippen LogP contribution in [0.4, 0.5) is 20.7 Å². The van der Waals surface area contributed by atoms with Crippen molar-refractivity contribution in [2.45, 2.75) is 6.42 Å². The molecule has 2 saturated heterocycles. The van der Waals surface area contributed by atoms with Crippen LogP contribution in [0.2, 0.25) is 0 Å². The number of imide groups is 1. The van der Waals surface area contributed by atoms with Crippen LogP contribution in [0.3, 0.4) is 0 Å². The number of piperazine rings is 1. The number of aromatic nitrogens is 2. The van der Waals surface area contributed by atoms with E-state index in [1.807, 2.05) is 9.80 Å². The monoisotopic (exact) mass is 404 g/mol. The van der Waals surface area contributed by atoms with Crippen LogP contribution < -0.4 is 15.1 Å². The second-order valence-electron chi connectivity index (χ2n) is 7.18. The Hall–Kier alpha value is -3.21. The van der Waals surface area contributed by atoms with Gasteiger partial charge >= 0.3 is 12.0 Å². The van der Waals surface area contributed by atoms with Crippen molar-refractivity contribution < 1.29 is 23.9 Å². The lowest BCUT2D eigenvalue weighted by atomic mass is 10.1. The number of fused-ring (bicyclic) bond motifs is 1. The second-order valence-corrected chi connectivity index (χ2v) is 7.18. The van der Waals surface area contributed by atoms with Crippen molar-refractivity contribution in [2.75, 3.05) is 49.1 Å². The average Bonchev–Trinajstić information content (AvgIpc) is 2.97. The number of amides is 3. The fourth-order valence-corrected chi connectivity index (χ4v) is 3.79. The van der Waals surface area contributed by atoms with E-state index in [1.54, 1.807) is 17.8 Å². The number of aliphatic carboxylic acids is 1. The van der Waals surface area contributed by atoms with Crippen molar-refractivity contribution in [3.05, 3.63) is 17.9 Å². The molecule has 0 atom stereocenters. The molecule has 0 unspecified atom stereocenters. The van der Waals surface area contributed by atoms with Crippen LogP contribution in [0, 0.1) is 5.82 Å². The quantitative estimate of drug-likeness (QED) is 0.757. The van der Waals surface area contributed by atoms with E-state index in [1.165, 1.54) is 11.0 Å². The van der Waals surface area contributed by atoms with Crippen LogP contribution in [0.15, 0.2) is 12.1 Å². The number of anilines is 2. The Morgan fingerprint density at radius 1 is 1.21 bits per heavy atom. The van der Waals surface area contributed by atoms with Crippen molar-refractivity contribution >= 4 is 40.3 Å². The third-order valence-corrected chi connectivity index (χ3v) is 5.28. The number of carboxylic acids is 1. The molecule has 2 fully saturated rings. The van der Waals surface area contributed by atoms with Crippen LogP contribution in [-0.4, -0.2) is 77.0 Å². The molecule has 0 saturated carbocycles. The van der Waals surface area contributed by atoms with Gasteiger partial charge in [-0.15, -0.1) is 0 Å². The van der Waals surface area contributed by atoms with Gasteiger partial charge in [0.15, 0.2) is 5.82 Å². The first-order valence-electron chi connectivity index (χ1n) is 9.30. The fourth-order valence-electron chi connectivity index (χ4n) is 3.79. The predicted molar refractivity (Wildman–Crippen MR) is 102 cm³/mol. The summed E-state index contributed by atoms with van der Waals surface area (Å²) in [5.74, 6) is -1.35. The SMILES string of the molecule is Cn1nc(N2CCC(=O)NC2=O)c2cc(F)c(N3CCN(CC(=O)O)CC3)cc21. The average molecular weight is 404 g/mol. The number of carboxylic acid groups (broad SMARTS) is 1. The molecular formula is C18H21FN6O4. The van der Waals surface area contributed by atoms with Crippen LogP contribution in [0.5, 0.6) is 0 Å². The summed E-state index contributed by atoms with van der Waals surface area (Å²) < 4.78 is 16.5. The van der Waals surface area contributed by atoms with Crippen molar-refractivity contribution in [1.82, 2.24) is 20.0 Å². The lowest BCUT2D eigenvalue weighted by Crippen LogP contribution is -2.49. The lowest BCUT2D eigenvalue weighted by Gasteiger charge is -2.35. The maximum Gasteiger partial charge on any atom is 0.329 e. The molecule has 11 heteroatoms. The third kappa shape index (κ3) is 3.60. The molecule has 29 heavy (non-hydrogen) atoms. The Morgan fingerprint density at radius 3 is 2.59 bits per heavy atom. The van der Waals surface area contributed by atoms with E-state index in [-0.39, 0.29) is 25.4 Å². The number of nitrogens with one attached hydrogen (secondary N) is 1. The molecule has 154 valence electrons. The van der Waals surface area contributed by atoms with Crippen LogP contribution in [0.25, 0.3) is 10.9 Å². The van der Waals surface area contributed by atoms with Gasteiger partial charge in [0.1, 0.15) is 5.82 Å². The summed E-state index contributed by atoms with van der Waals surface area (Å²) >= 11 is 0. The second kappa shape index (κ2) is 7.32. The Morgan fingerprint density at radius 2 is 1.93 bits per heavy atom. The molecule has 0 spiro atoms. The molecule has 1 aromatic carbocycles. The topological polar surface area (TPSA) is 111 Å². The molecule has 0 aliphatic carbocycles. The highest BCUT2D eigenvalue weighted by atomic mass is 19.1. The number of carbonyl (C=O) groups excluding carboxylic acids is 2. The summed E-state index contributed by atoms with van der Waals surface area (Å²) in [4.78, 5) is 39.4. The van der Waals surface area contributed by atoms with E-state index < -0.39 is 17.8 Å². The molecular weight excluding hydrogens is 383 g/mol. The van der Waals surface area contributed by atoms with Gasteiger partial charge in [-0.05, 0) is 12.1 Å². The first-order valence-corrected chi connectivity index (χ1v) is 9.30. The van der Waals surface area contributed by atoms with E-state index in [0.717, 1.165) is 0 Å². The molecule has 2 aromatic rings. The van der Waals surface area contributed by atoms with E-state index in [0.29, 0.717) is 48.6 Å². The molecule has 0 radical (unpaired) electrons. The summed E-state index contributed by atoms with van der Waals surface area (Å²) in [5, 5.41) is 16.0. The minimum atomic E-state index is -0.878. The minimum absolute atomic E-state index is 0.0269. The largest absolute Gasteiger partial charge is 0.480 e. The number of nitrogens with zero attached hydrogens (tertiary/aromatic N) is 5. The number of rotatable bonds is 4. The van der Waals surface area contributed by atoms with Gasteiger partial charge in [-0.2, -0.15) is 5.10 Å². The lowest BCUT2D eigenvalue weighted by molar-refractivity contribution is -0.138. The maximum atomic E-state index is 15.0. The Kier molecular flexibility index (Phi) is 4.82. The van der Waals surface area contributed by atoms with Crippen molar-refractivity contribution in [3.8, 4) is 0 Å². The van der Waals surface area contributed by atoms with Gasteiger partial charge in [-0.1, -0.05) is 0 Å². The van der Waals surface area contributed by atoms with E-state index in [4.69, 9.17) is 5.11 Å². The zero-order valence-electron chi connectivity index (χ0n) is 15.9. The first kappa shape index (κ1) is 19.1. The number of carbonyl (C=O) groups is 3. The number of halogens is 1. The molecule has 2 N–H and O–H groups in total. The van der Waals surface area contributed by atoms with Gasteiger partial charge in [0, 0.05) is 51.6 Å². The minimum Gasteiger partial charge on any atom is -0.480 e. The fraction of sp³-hybridized carbons (Fsp3) is 0.444. The van der Waals surface area contributed by atoms with Gasteiger partial charge < -0.3 is 10.0 Å². The molecule has 1 aromatic heterocycles.